The monoisotopic (exact) mass is 349 g/mol. The number of hydrogen-bond acceptors (Lipinski definition) is 7. The normalized spacial score (nSPS) is 11.3. The molecule has 0 saturated carbocycles. The van der Waals surface area contributed by atoms with Crippen LogP contribution in [0.15, 0.2) is 0 Å². The third-order valence-corrected chi connectivity index (χ3v) is 0.850. The standard InChI is InChI=1S/CHF3O3S.Co.H2O4S.Sc/c2-1(3,4)8(5,6)7;;1-5(2,3)4;/h(H,5,6,7);;(H2,1,2,3,4);/q;+2;;+3/p-3. The summed E-state index contributed by atoms with van der Waals surface area (Å²) < 4.78 is 93.0. The largest absolute Gasteiger partial charge is 3.00 e. The summed E-state index contributed by atoms with van der Waals surface area (Å²) in [5.74, 6) is 0. The second-order valence-electron chi connectivity index (χ2n) is 1.31. The van der Waals surface area contributed by atoms with Gasteiger partial charge in [0.05, 0.1) is 0 Å². The van der Waals surface area contributed by atoms with E-state index in [1.807, 2.05) is 0 Å². The Bertz CT molecular complexity index is 335. The predicted molar refractivity (Wildman–Crippen MR) is 26.2 cm³/mol. The van der Waals surface area contributed by atoms with Crippen molar-refractivity contribution in [3.63, 3.8) is 0 Å². The Morgan fingerprint density at radius 1 is 0.867 bits per heavy atom. The van der Waals surface area contributed by atoms with Gasteiger partial charge >= 0.3 is 48.1 Å². The summed E-state index contributed by atoms with van der Waals surface area (Å²) in [5, 5.41) is 0. The fraction of sp³-hybridized carbons (Fsp3) is 1.00. The average Bonchev–Trinajstić information content (AvgIpc) is 1.50. The molecule has 0 fully saturated rings. The Labute approximate surface area is 112 Å². The van der Waals surface area contributed by atoms with Gasteiger partial charge in [-0.25, -0.2) is 8.42 Å². The Morgan fingerprint density at radius 2 is 0.933 bits per heavy atom. The van der Waals surface area contributed by atoms with E-state index >= 15 is 0 Å². The van der Waals surface area contributed by atoms with Crippen LogP contribution in [0.2, 0.25) is 0 Å². The van der Waals surface area contributed by atoms with Gasteiger partial charge in [0.25, 0.3) is 0 Å². The van der Waals surface area contributed by atoms with E-state index in [2.05, 4.69) is 0 Å². The van der Waals surface area contributed by atoms with Crippen LogP contribution in [0, 0.1) is 0 Å². The molecule has 0 spiro atoms. The van der Waals surface area contributed by atoms with Crippen LogP contribution < -0.4 is 0 Å². The van der Waals surface area contributed by atoms with Gasteiger partial charge in [0.1, 0.15) is 0 Å². The predicted octanol–water partition coefficient (Wildman–Crippen LogP) is -1.29. The van der Waals surface area contributed by atoms with Crippen LogP contribution in [0.5, 0.6) is 0 Å². The molecule has 0 aromatic heterocycles. The minimum Gasteiger partial charge on any atom is -0.759 e. The smallest absolute Gasteiger partial charge is 0.759 e. The van der Waals surface area contributed by atoms with E-state index in [1.54, 1.807) is 0 Å². The molecular weight excluding hydrogens is 349 g/mol. The van der Waals surface area contributed by atoms with Crippen molar-refractivity contribution in [1.29, 1.82) is 0 Å². The first kappa shape index (κ1) is 25.0. The molecule has 14 heteroatoms. The van der Waals surface area contributed by atoms with Gasteiger partial charge in [-0.3, -0.25) is 8.42 Å². The van der Waals surface area contributed by atoms with E-state index < -0.39 is 26.0 Å². The summed E-state index contributed by atoms with van der Waals surface area (Å²) in [6.07, 6.45) is 0. The molecule has 15 heavy (non-hydrogen) atoms. The minimum absolute atomic E-state index is 0. The molecule has 0 saturated heterocycles. The molecular formula is CCoF3O7S2Sc+2. The molecule has 0 atom stereocenters. The molecule has 0 N–H and O–H groups in total. The van der Waals surface area contributed by atoms with Gasteiger partial charge in [-0.1, -0.05) is 0 Å². The van der Waals surface area contributed by atoms with Gasteiger partial charge in [-0.05, 0) is 0 Å². The Balaban J connectivity index is -0.0000000770. The van der Waals surface area contributed by atoms with Gasteiger partial charge in [0.2, 0.25) is 0 Å². The second-order valence-corrected chi connectivity index (χ2v) is 3.50. The van der Waals surface area contributed by atoms with Crippen molar-refractivity contribution < 1.29 is 86.3 Å². The SMILES string of the molecule is O=S(=O)([O-])C(F)(F)F.O=S(=O)([O-])[O-].[Co+2].[Sc+3]. The van der Waals surface area contributed by atoms with E-state index in [0.29, 0.717) is 0 Å². The molecule has 7 nitrogen and oxygen atoms in total. The summed E-state index contributed by atoms with van der Waals surface area (Å²) in [5.41, 5.74) is -5.65. The van der Waals surface area contributed by atoms with Crippen LogP contribution in [0.3, 0.4) is 0 Å². The molecule has 0 aliphatic carbocycles. The van der Waals surface area contributed by atoms with Crippen LogP contribution >= 0.6 is 0 Å². The molecule has 0 aliphatic rings. The Hall–Kier alpha value is 0.947. The van der Waals surface area contributed by atoms with Gasteiger partial charge in [0, 0.05) is 10.4 Å². The molecule has 89 valence electrons. The Kier molecular flexibility index (Phi) is 13.5. The van der Waals surface area contributed by atoms with Gasteiger partial charge in [0.15, 0.2) is 10.1 Å². The summed E-state index contributed by atoms with van der Waals surface area (Å²) in [7, 11) is -11.3. The van der Waals surface area contributed by atoms with Crippen molar-refractivity contribution in [2.75, 3.05) is 0 Å². The van der Waals surface area contributed by atoms with Crippen molar-refractivity contribution >= 4 is 20.5 Å². The van der Waals surface area contributed by atoms with Crippen LogP contribution in [0.4, 0.5) is 13.2 Å². The zero-order valence-electron chi connectivity index (χ0n) is 6.22. The number of rotatable bonds is 0. The fourth-order valence-corrected chi connectivity index (χ4v) is 0. The van der Waals surface area contributed by atoms with E-state index in [9.17, 15) is 13.2 Å². The zero-order valence-corrected chi connectivity index (χ0v) is 10.7. The molecule has 0 unspecified atom stereocenters. The molecule has 0 rings (SSSR count). The maximum atomic E-state index is 10.7. The van der Waals surface area contributed by atoms with E-state index in [4.69, 9.17) is 30.5 Å². The third kappa shape index (κ3) is 25.3. The topological polar surface area (TPSA) is 137 Å². The molecule has 0 amide bonds. The van der Waals surface area contributed by atoms with Gasteiger partial charge in [-0.15, -0.1) is 0 Å². The molecule has 0 heterocycles. The Morgan fingerprint density at radius 3 is 0.933 bits per heavy atom. The van der Waals surface area contributed by atoms with E-state index in [1.165, 1.54) is 0 Å². The summed E-state index contributed by atoms with van der Waals surface area (Å²) >= 11 is 0. The third-order valence-electron chi connectivity index (χ3n) is 0.283. The number of hydrogen-bond donors (Lipinski definition) is 0. The van der Waals surface area contributed by atoms with Crippen LogP contribution in [-0.4, -0.2) is 36.0 Å². The van der Waals surface area contributed by atoms with Crippen molar-refractivity contribution in [2.24, 2.45) is 0 Å². The first-order valence-corrected chi connectivity index (χ1v) is 4.68. The molecule has 0 bridgehead atoms. The van der Waals surface area contributed by atoms with Crippen LogP contribution in [-0.2, 0) is 63.1 Å². The first-order valence-electron chi connectivity index (χ1n) is 1.94. The summed E-state index contributed by atoms with van der Waals surface area (Å²) in [6.45, 7) is 0. The van der Waals surface area contributed by atoms with Crippen molar-refractivity contribution in [2.45, 2.75) is 5.51 Å². The van der Waals surface area contributed by atoms with Crippen LogP contribution in [0.25, 0.3) is 0 Å². The quantitative estimate of drug-likeness (QED) is 0.301. The second kappa shape index (κ2) is 8.10. The van der Waals surface area contributed by atoms with Crippen molar-refractivity contribution in [3.8, 4) is 0 Å². The van der Waals surface area contributed by atoms with Gasteiger partial charge < -0.3 is 13.7 Å². The average molecular weight is 349 g/mol. The van der Waals surface area contributed by atoms with E-state index in [0.717, 1.165) is 0 Å². The number of halogens is 3. The molecule has 1 radical (unpaired) electrons. The first-order chi connectivity index (χ1) is 5.25. The molecule has 0 aromatic carbocycles. The number of alkyl halides is 3. The minimum atomic E-state index is -6.09. The zero-order chi connectivity index (χ0) is 11.5. The summed E-state index contributed by atoms with van der Waals surface area (Å²) in [4.78, 5) is 0. The maximum Gasteiger partial charge on any atom is 3.00 e. The van der Waals surface area contributed by atoms with Crippen LogP contribution in [0.1, 0.15) is 0 Å². The van der Waals surface area contributed by atoms with Gasteiger partial charge in [-0.2, -0.15) is 13.2 Å². The summed E-state index contributed by atoms with van der Waals surface area (Å²) in [6, 6.07) is 0. The van der Waals surface area contributed by atoms with Crippen molar-refractivity contribution in [3.05, 3.63) is 0 Å². The molecule has 0 aromatic rings. The fourth-order valence-electron chi connectivity index (χ4n) is 0. The molecule has 0 aliphatic heterocycles. The maximum absolute atomic E-state index is 10.7. The van der Waals surface area contributed by atoms with E-state index in [-0.39, 0.29) is 42.6 Å². The van der Waals surface area contributed by atoms with Crippen molar-refractivity contribution in [1.82, 2.24) is 0 Å².